The van der Waals surface area contributed by atoms with Gasteiger partial charge in [-0.15, -0.1) is 0 Å². The van der Waals surface area contributed by atoms with Crippen LogP contribution in [0.1, 0.15) is 37.2 Å². The molecule has 0 radical (unpaired) electrons. The summed E-state index contributed by atoms with van der Waals surface area (Å²) in [4.78, 5) is 0. The largest absolute Gasteiger partial charge is 0.348 e. The molecule has 0 N–H and O–H groups in total. The molecule has 1 aromatic rings. The Labute approximate surface area is 109 Å². The van der Waals surface area contributed by atoms with Crippen molar-refractivity contribution in [2.24, 2.45) is 0 Å². The summed E-state index contributed by atoms with van der Waals surface area (Å²) in [6, 6.07) is 2.33. The maximum absolute atomic E-state index is 13.7. The molecular formula is C14H15F3O2. The quantitative estimate of drug-likeness (QED) is 0.728. The molecule has 1 saturated heterocycles. The van der Waals surface area contributed by atoms with Crippen LogP contribution >= 0.6 is 0 Å². The molecule has 0 bridgehead atoms. The van der Waals surface area contributed by atoms with E-state index in [1.807, 2.05) is 0 Å². The highest BCUT2D eigenvalue weighted by atomic mass is 19.2. The van der Waals surface area contributed by atoms with Crippen molar-refractivity contribution in [1.29, 1.82) is 0 Å². The van der Waals surface area contributed by atoms with E-state index in [-0.39, 0.29) is 11.5 Å². The van der Waals surface area contributed by atoms with Crippen molar-refractivity contribution in [3.05, 3.63) is 35.1 Å². The van der Waals surface area contributed by atoms with Gasteiger partial charge in [0.25, 0.3) is 0 Å². The van der Waals surface area contributed by atoms with E-state index in [9.17, 15) is 13.2 Å². The molecule has 19 heavy (non-hydrogen) atoms. The lowest BCUT2D eigenvalue weighted by Gasteiger charge is -2.35. The fraction of sp³-hybridized carbons (Fsp3) is 0.571. The first-order chi connectivity index (χ1) is 9.11. The van der Waals surface area contributed by atoms with Gasteiger partial charge >= 0.3 is 0 Å². The highest BCUT2D eigenvalue weighted by Gasteiger charge is 2.41. The van der Waals surface area contributed by atoms with Crippen molar-refractivity contribution in [3.63, 3.8) is 0 Å². The second kappa shape index (κ2) is 4.80. The van der Waals surface area contributed by atoms with Crippen molar-refractivity contribution in [2.45, 2.75) is 37.4 Å². The second-order valence-corrected chi connectivity index (χ2v) is 5.15. The van der Waals surface area contributed by atoms with Crippen LogP contribution in [0.15, 0.2) is 12.1 Å². The maximum atomic E-state index is 13.7. The molecule has 1 heterocycles. The predicted octanol–water partition coefficient (Wildman–Crippen LogP) is 3.50. The fourth-order valence-electron chi connectivity index (χ4n) is 3.01. The van der Waals surface area contributed by atoms with E-state index in [2.05, 4.69) is 0 Å². The minimum Gasteiger partial charge on any atom is -0.348 e. The van der Waals surface area contributed by atoms with Gasteiger partial charge in [-0.3, -0.25) is 0 Å². The van der Waals surface area contributed by atoms with E-state index in [1.54, 1.807) is 0 Å². The van der Waals surface area contributed by atoms with Crippen LogP contribution in [-0.4, -0.2) is 19.0 Å². The van der Waals surface area contributed by atoms with Gasteiger partial charge in [-0.25, -0.2) is 13.2 Å². The predicted molar refractivity (Wildman–Crippen MR) is 62.2 cm³/mol. The Morgan fingerprint density at radius 2 is 1.58 bits per heavy atom. The standard InChI is InChI=1S/C14H15F3O2/c15-11-2-1-10(12(16)13(11)17)9-3-5-14(6-4-9)18-7-8-19-14/h1-2,9H,3-8H2. The van der Waals surface area contributed by atoms with Crippen LogP contribution in [0.25, 0.3) is 0 Å². The lowest BCUT2D eigenvalue weighted by atomic mass is 9.81. The summed E-state index contributed by atoms with van der Waals surface area (Å²) in [5.74, 6) is -4.21. The summed E-state index contributed by atoms with van der Waals surface area (Å²) in [5.41, 5.74) is 0.256. The van der Waals surface area contributed by atoms with Crippen molar-refractivity contribution in [1.82, 2.24) is 0 Å². The minimum atomic E-state index is -1.38. The van der Waals surface area contributed by atoms with Gasteiger partial charge in [-0.2, -0.15) is 0 Å². The summed E-state index contributed by atoms with van der Waals surface area (Å²) in [5, 5.41) is 0. The van der Waals surface area contributed by atoms with Gasteiger partial charge in [-0.1, -0.05) is 6.07 Å². The molecule has 5 heteroatoms. The topological polar surface area (TPSA) is 18.5 Å². The first kappa shape index (κ1) is 12.9. The summed E-state index contributed by atoms with van der Waals surface area (Å²) >= 11 is 0. The normalized spacial score (nSPS) is 23.1. The summed E-state index contributed by atoms with van der Waals surface area (Å²) in [7, 11) is 0. The van der Waals surface area contributed by atoms with Crippen LogP contribution in [0.4, 0.5) is 13.2 Å². The molecule has 1 aromatic carbocycles. The Morgan fingerprint density at radius 1 is 0.947 bits per heavy atom. The molecule has 0 unspecified atom stereocenters. The Hall–Kier alpha value is -1.07. The second-order valence-electron chi connectivity index (χ2n) is 5.15. The van der Waals surface area contributed by atoms with Gasteiger partial charge in [0, 0.05) is 12.8 Å². The van der Waals surface area contributed by atoms with Crippen LogP contribution < -0.4 is 0 Å². The molecule has 1 aliphatic carbocycles. The Kier molecular flexibility index (Phi) is 3.27. The lowest BCUT2D eigenvalue weighted by Crippen LogP contribution is -2.34. The van der Waals surface area contributed by atoms with Crippen LogP contribution in [-0.2, 0) is 9.47 Å². The lowest BCUT2D eigenvalue weighted by molar-refractivity contribution is -0.178. The third-order valence-electron chi connectivity index (χ3n) is 4.07. The van der Waals surface area contributed by atoms with E-state index in [0.29, 0.717) is 38.9 Å². The molecular weight excluding hydrogens is 257 g/mol. The van der Waals surface area contributed by atoms with E-state index in [1.165, 1.54) is 6.07 Å². The van der Waals surface area contributed by atoms with E-state index in [4.69, 9.17) is 9.47 Å². The van der Waals surface area contributed by atoms with Crippen molar-refractivity contribution in [3.8, 4) is 0 Å². The fourth-order valence-corrected chi connectivity index (χ4v) is 3.01. The van der Waals surface area contributed by atoms with Crippen LogP contribution in [0, 0.1) is 17.5 Å². The van der Waals surface area contributed by atoms with E-state index >= 15 is 0 Å². The minimum absolute atomic E-state index is 0.103. The summed E-state index contributed by atoms with van der Waals surface area (Å²) in [6.07, 6.45) is 2.64. The maximum Gasteiger partial charge on any atom is 0.194 e. The monoisotopic (exact) mass is 272 g/mol. The SMILES string of the molecule is Fc1ccc(C2CCC3(CC2)OCCO3)c(F)c1F. The zero-order valence-electron chi connectivity index (χ0n) is 10.4. The highest BCUT2D eigenvalue weighted by molar-refractivity contribution is 5.24. The molecule has 0 amide bonds. The molecule has 2 aliphatic rings. The molecule has 104 valence electrons. The molecule has 1 aliphatic heterocycles. The smallest absolute Gasteiger partial charge is 0.194 e. The number of benzene rings is 1. The first-order valence-corrected chi connectivity index (χ1v) is 6.53. The zero-order valence-corrected chi connectivity index (χ0v) is 10.4. The summed E-state index contributed by atoms with van der Waals surface area (Å²) < 4.78 is 51.1. The van der Waals surface area contributed by atoms with Crippen LogP contribution in [0.3, 0.4) is 0 Å². The number of rotatable bonds is 1. The Bertz CT molecular complexity index is 474. The summed E-state index contributed by atoms with van der Waals surface area (Å²) in [6.45, 7) is 1.18. The van der Waals surface area contributed by atoms with Gasteiger partial charge in [0.15, 0.2) is 23.2 Å². The molecule has 2 fully saturated rings. The average molecular weight is 272 g/mol. The molecule has 1 saturated carbocycles. The van der Waals surface area contributed by atoms with Crippen LogP contribution in [0.2, 0.25) is 0 Å². The van der Waals surface area contributed by atoms with Crippen LogP contribution in [0.5, 0.6) is 0 Å². The van der Waals surface area contributed by atoms with E-state index < -0.39 is 23.2 Å². The number of hydrogen-bond acceptors (Lipinski definition) is 2. The van der Waals surface area contributed by atoms with Crippen molar-refractivity contribution >= 4 is 0 Å². The zero-order chi connectivity index (χ0) is 13.5. The van der Waals surface area contributed by atoms with Gasteiger partial charge < -0.3 is 9.47 Å². The molecule has 0 aromatic heterocycles. The number of ether oxygens (including phenoxy) is 2. The van der Waals surface area contributed by atoms with Gasteiger partial charge in [0.1, 0.15) is 0 Å². The van der Waals surface area contributed by atoms with Crippen molar-refractivity contribution < 1.29 is 22.6 Å². The Morgan fingerprint density at radius 3 is 2.21 bits per heavy atom. The van der Waals surface area contributed by atoms with Gasteiger partial charge in [0.2, 0.25) is 0 Å². The molecule has 0 atom stereocenters. The molecule has 1 spiro atoms. The average Bonchev–Trinajstić information content (AvgIpc) is 2.86. The van der Waals surface area contributed by atoms with Crippen molar-refractivity contribution in [2.75, 3.05) is 13.2 Å². The number of hydrogen-bond donors (Lipinski definition) is 0. The highest BCUT2D eigenvalue weighted by Crippen LogP contribution is 2.43. The molecule has 3 rings (SSSR count). The van der Waals surface area contributed by atoms with E-state index in [0.717, 1.165) is 6.07 Å². The van der Waals surface area contributed by atoms with Gasteiger partial charge in [0.05, 0.1) is 13.2 Å². The van der Waals surface area contributed by atoms with Gasteiger partial charge in [-0.05, 0) is 30.4 Å². The third-order valence-corrected chi connectivity index (χ3v) is 4.07. The molecule has 2 nitrogen and oxygen atoms in total. The third kappa shape index (κ3) is 2.25. The Balaban J connectivity index is 1.76. The number of halogens is 3. The first-order valence-electron chi connectivity index (χ1n) is 6.53.